The summed E-state index contributed by atoms with van der Waals surface area (Å²) in [6.07, 6.45) is -0.413. The van der Waals surface area contributed by atoms with Crippen LogP contribution < -0.4 is 5.73 Å². The third kappa shape index (κ3) is 2.98. The molecule has 1 unspecified atom stereocenters. The predicted octanol–water partition coefficient (Wildman–Crippen LogP) is 1.62. The molecule has 4 nitrogen and oxygen atoms in total. The Bertz CT molecular complexity index is 435. The summed E-state index contributed by atoms with van der Waals surface area (Å²) in [6.45, 7) is 2.05. The van der Waals surface area contributed by atoms with Gasteiger partial charge < -0.3 is 10.5 Å². The van der Waals surface area contributed by atoms with Crippen LogP contribution in [0.3, 0.4) is 0 Å². The molecule has 18 heavy (non-hydrogen) atoms. The van der Waals surface area contributed by atoms with E-state index in [4.69, 9.17) is 27.5 Å². The van der Waals surface area contributed by atoms with E-state index in [1.54, 1.807) is 12.1 Å². The molecule has 0 bridgehead atoms. The number of morpholine rings is 1. The summed E-state index contributed by atoms with van der Waals surface area (Å²) in [6, 6.07) is 4.64. The summed E-state index contributed by atoms with van der Waals surface area (Å²) in [5, 5.41) is 7.79. The second kappa shape index (κ2) is 5.65. The molecule has 0 spiro atoms. The van der Waals surface area contributed by atoms with Gasteiger partial charge in [0.1, 0.15) is 17.8 Å². The molecule has 98 valence electrons. The van der Waals surface area contributed by atoms with E-state index in [1.165, 1.54) is 6.07 Å². The van der Waals surface area contributed by atoms with E-state index in [2.05, 4.69) is 0 Å². The van der Waals surface area contributed by atoms with Gasteiger partial charge in [0.25, 0.3) is 0 Å². The molecule has 3 N–H and O–H groups in total. The molecule has 0 radical (unpaired) electrons. The largest absolute Gasteiger partial charge is 0.385 e. The number of nitrogens with zero attached hydrogens (tertiary/aromatic N) is 1. The normalized spacial score (nSPS) is 20.9. The lowest BCUT2D eigenvalue weighted by molar-refractivity contribution is 0.00201. The summed E-state index contributed by atoms with van der Waals surface area (Å²) in [4.78, 5) is 1.99. The fourth-order valence-electron chi connectivity index (χ4n) is 1.94. The molecule has 2 rings (SSSR count). The van der Waals surface area contributed by atoms with Crippen molar-refractivity contribution in [3.05, 3.63) is 34.6 Å². The van der Waals surface area contributed by atoms with E-state index >= 15 is 0 Å². The molecule has 0 saturated carbocycles. The standard InChI is InChI=1S/C12H15ClFN3O/c13-9-2-1-3-10(14)8(9)6-17-4-5-18-11(7-17)12(15)16/h1-3,11H,4-7H2,(H3,15,16). The number of hydrogen-bond acceptors (Lipinski definition) is 3. The maximum absolute atomic E-state index is 13.7. The molecule has 0 aromatic heterocycles. The van der Waals surface area contributed by atoms with Gasteiger partial charge in [-0.05, 0) is 12.1 Å². The van der Waals surface area contributed by atoms with Gasteiger partial charge in [0.2, 0.25) is 0 Å². The Hall–Kier alpha value is -1.17. The highest BCUT2D eigenvalue weighted by Gasteiger charge is 2.23. The third-order valence-corrected chi connectivity index (χ3v) is 3.29. The van der Waals surface area contributed by atoms with Crippen LogP contribution in [0, 0.1) is 11.2 Å². The first-order valence-corrected chi connectivity index (χ1v) is 6.06. The number of amidine groups is 1. The Morgan fingerprint density at radius 1 is 1.61 bits per heavy atom. The zero-order valence-electron chi connectivity index (χ0n) is 9.83. The molecule has 1 aromatic rings. The highest BCUT2D eigenvalue weighted by Crippen LogP contribution is 2.21. The molecule has 1 fully saturated rings. The highest BCUT2D eigenvalue weighted by molar-refractivity contribution is 6.31. The Labute approximate surface area is 110 Å². The molecule has 1 heterocycles. The molecular formula is C12H15ClFN3O. The Morgan fingerprint density at radius 2 is 2.39 bits per heavy atom. The zero-order valence-corrected chi connectivity index (χ0v) is 10.6. The van der Waals surface area contributed by atoms with Gasteiger partial charge in [-0.25, -0.2) is 4.39 Å². The van der Waals surface area contributed by atoms with Crippen LogP contribution in [-0.2, 0) is 11.3 Å². The summed E-state index contributed by atoms with van der Waals surface area (Å²) in [5.74, 6) is -0.312. The third-order valence-electron chi connectivity index (χ3n) is 2.94. The smallest absolute Gasteiger partial charge is 0.129 e. The average Bonchev–Trinajstić information content (AvgIpc) is 2.34. The topological polar surface area (TPSA) is 62.3 Å². The van der Waals surface area contributed by atoms with Crippen molar-refractivity contribution in [2.45, 2.75) is 12.6 Å². The fourth-order valence-corrected chi connectivity index (χ4v) is 2.16. The molecular weight excluding hydrogens is 257 g/mol. The lowest BCUT2D eigenvalue weighted by atomic mass is 10.1. The maximum atomic E-state index is 13.7. The van der Waals surface area contributed by atoms with Crippen molar-refractivity contribution in [1.29, 1.82) is 5.41 Å². The van der Waals surface area contributed by atoms with Crippen molar-refractivity contribution in [2.75, 3.05) is 19.7 Å². The maximum Gasteiger partial charge on any atom is 0.129 e. The second-order valence-electron chi connectivity index (χ2n) is 4.25. The van der Waals surface area contributed by atoms with Gasteiger partial charge >= 0.3 is 0 Å². The summed E-state index contributed by atoms with van der Waals surface area (Å²) in [5.41, 5.74) is 5.89. The van der Waals surface area contributed by atoms with Gasteiger partial charge in [-0.2, -0.15) is 0 Å². The molecule has 1 atom stereocenters. The van der Waals surface area contributed by atoms with Crippen molar-refractivity contribution in [1.82, 2.24) is 4.90 Å². The van der Waals surface area contributed by atoms with Gasteiger partial charge in [0.15, 0.2) is 0 Å². The quantitative estimate of drug-likeness (QED) is 0.649. The minimum Gasteiger partial charge on any atom is -0.385 e. The molecule has 0 aliphatic carbocycles. The lowest BCUT2D eigenvalue weighted by Gasteiger charge is -2.32. The number of halogens is 2. The van der Waals surface area contributed by atoms with Gasteiger partial charge in [-0.3, -0.25) is 10.3 Å². The minimum atomic E-state index is -0.413. The van der Waals surface area contributed by atoms with Crippen molar-refractivity contribution in [2.24, 2.45) is 5.73 Å². The predicted molar refractivity (Wildman–Crippen MR) is 68.3 cm³/mol. The second-order valence-corrected chi connectivity index (χ2v) is 4.66. The summed E-state index contributed by atoms with van der Waals surface area (Å²) < 4.78 is 19.0. The van der Waals surface area contributed by atoms with E-state index in [-0.39, 0.29) is 11.7 Å². The molecule has 1 aliphatic heterocycles. The zero-order chi connectivity index (χ0) is 13.1. The van der Waals surface area contributed by atoms with E-state index in [0.29, 0.717) is 36.8 Å². The van der Waals surface area contributed by atoms with Crippen LogP contribution >= 0.6 is 11.6 Å². The molecule has 1 aromatic carbocycles. The number of nitrogens with one attached hydrogen (secondary N) is 1. The minimum absolute atomic E-state index is 0.000620. The Balaban J connectivity index is 2.07. The van der Waals surface area contributed by atoms with Crippen molar-refractivity contribution < 1.29 is 9.13 Å². The molecule has 1 saturated heterocycles. The number of ether oxygens (including phenoxy) is 1. The van der Waals surface area contributed by atoms with Crippen LogP contribution in [0.1, 0.15) is 5.56 Å². The van der Waals surface area contributed by atoms with Crippen molar-refractivity contribution in [3.8, 4) is 0 Å². The van der Waals surface area contributed by atoms with E-state index < -0.39 is 6.10 Å². The van der Waals surface area contributed by atoms with Crippen LogP contribution in [0.25, 0.3) is 0 Å². The highest BCUT2D eigenvalue weighted by atomic mass is 35.5. The van der Waals surface area contributed by atoms with E-state index in [0.717, 1.165) is 0 Å². The first-order chi connectivity index (χ1) is 8.58. The van der Waals surface area contributed by atoms with Crippen LogP contribution in [0.5, 0.6) is 0 Å². The first-order valence-electron chi connectivity index (χ1n) is 5.68. The monoisotopic (exact) mass is 271 g/mol. The lowest BCUT2D eigenvalue weighted by Crippen LogP contribution is -2.47. The molecule has 0 amide bonds. The SMILES string of the molecule is N=C(N)C1CN(Cc2c(F)cccc2Cl)CCO1. The number of rotatable bonds is 3. The van der Waals surface area contributed by atoms with E-state index in [1.807, 2.05) is 4.90 Å². The van der Waals surface area contributed by atoms with Crippen LogP contribution in [0.2, 0.25) is 5.02 Å². The van der Waals surface area contributed by atoms with Crippen LogP contribution in [0.4, 0.5) is 4.39 Å². The van der Waals surface area contributed by atoms with Gasteiger partial charge in [-0.15, -0.1) is 0 Å². The van der Waals surface area contributed by atoms with Crippen molar-refractivity contribution in [3.63, 3.8) is 0 Å². The van der Waals surface area contributed by atoms with Gasteiger partial charge in [-0.1, -0.05) is 17.7 Å². The summed E-state index contributed by atoms with van der Waals surface area (Å²) >= 11 is 5.98. The summed E-state index contributed by atoms with van der Waals surface area (Å²) in [7, 11) is 0. The number of hydrogen-bond donors (Lipinski definition) is 2. The molecule has 6 heteroatoms. The Kier molecular flexibility index (Phi) is 4.16. The average molecular weight is 272 g/mol. The number of nitrogens with two attached hydrogens (primary N) is 1. The van der Waals surface area contributed by atoms with Crippen LogP contribution in [0.15, 0.2) is 18.2 Å². The van der Waals surface area contributed by atoms with Gasteiger partial charge in [0, 0.05) is 30.2 Å². The number of benzene rings is 1. The molecule has 1 aliphatic rings. The first kappa shape index (κ1) is 13.3. The van der Waals surface area contributed by atoms with Crippen molar-refractivity contribution >= 4 is 17.4 Å². The fraction of sp³-hybridized carbons (Fsp3) is 0.417. The Morgan fingerprint density at radius 3 is 3.06 bits per heavy atom. The van der Waals surface area contributed by atoms with Crippen LogP contribution in [-0.4, -0.2) is 36.5 Å². The van der Waals surface area contributed by atoms with E-state index in [9.17, 15) is 4.39 Å². The van der Waals surface area contributed by atoms with Gasteiger partial charge in [0.05, 0.1) is 6.61 Å².